The fraction of sp³-hybridized carbons (Fsp3) is 0.545. The molecule has 0 aliphatic carbocycles. The van der Waals surface area contributed by atoms with Crippen LogP contribution in [0.25, 0.3) is 0 Å². The van der Waals surface area contributed by atoms with Gasteiger partial charge in [-0.1, -0.05) is 6.07 Å². The summed E-state index contributed by atoms with van der Waals surface area (Å²) in [4.78, 5) is 12.7. The average molecular weight is 226 g/mol. The van der Waals surface area contributed by atoms with Crippen LogP contribution in [0, 0.1) is 5.92 Å². The summed E-state index contributed by atoms with van der Waals surface area (Å²) in [6, 6.07) is 3.99. The van der Waals surface area contributed by atoms with Gasteiger partial charge in [-0.25, -0.2) is 0 Å². The molecule has 2 rings (SSSR count). The van der Waals surface area contributed by atoms with E-state index < -0.39 is 0 Å². The summed E-state index contributed by atoms with van der Waals surface area (Å²) in [7, 11) is 0. The fourth-order valence-electron chi connectivity index (χ4n) is 1.55. The Morgan fingerprint density at radius 2 is 2.60 bits per heavy atom. The Labute approximate surface area is 93.0 Å². The van der Waals surface area contributed by atoms with E-state index in [0.29, 0.717) is 19.8 Å². The third-order valence-corrected chi connectivity index (χ3v) is 3.30. The molecule has 1 aliphatic heterocycles. The molecule has 0 N–H and O–H groups in total. The highest BCUT2D eigenvalue weighted by molar-refractivity contribution is 7.09. The van der Waals surface area contributed by atoms with Crippen molar-refractivity contribution in [1.29, 1.82) is 0 Å². The van der Waals surface area contributed by atoms with Crippen LogP contribution >= 0.6 is 11.3 Å². The second-order valence-corrected chi connectivity index (χ2v) is 4.63. The van der Waals surface area contributed by atoms with E-state index in [0.717, 1.165) is 11.3 Å². The SMILES string of the molecule is O=C(COCc1cccs1)C1CCOC1. The zero-order chi connectivity index (χ0) is 10.5. The molecular formula is C11H14O3S. The smallest absolute Gasteiger partial charge is 0.163 e. The third kappa shape index (κ3) is 3.12. The molecule has 1 unspecified atom stereocenters. The molecule has 1 atom stereocenters. The Bertz CT molecular complexity index is 302. The first-order valence-electron chi connectivity index (χ1n) is 5.07. The first-order chi connectivity index (χ1) is 7.36. The minimum Gasteiger partial charge on any atom is -0.381 e. The predicted molar refractivity (Wildman–Crippen MR) is 57.9 cm³/mol. The highest BCUT2D eigenvalue weighted by Gasteiger charge is 2.23. The number of carbonyl (C=O) groups is 1. The second-order valence-electron chi connectivity index (χ2n) is 3.60. The molecule has 1 aromatic rings. The molecule has 2 heterocycles. The molecule has 1 saturated heterocycles. The van der Waals surface area contributed by atoms with Gasteiger partial charge in [0.25, 0.3) is 0 Å². The summed E-state index contributed by atoms with van der Waals surface area (Å²) in [5, 5.41) is 2.01. The van der Waals surface area contributed by atoms with Gasteiger partial charge in [0, 0.05) is 17.4 Å². The average Bonchev–Trinajstić information content (AvgIpc) is 2.90. The molecule has 1 aromatic heterocycles. The summed E-state index contributed by atoms with van der Waals surface area (Å²) in [5.41, 5.74) is 0. The number of Topliss-reactive ketones (excluding diaryl/α,β-unsaturated/α-hetero) is 1. The first-order valence-corrected chi connectivity index (χ1v) is 5.95. The number of hydrogen-bond acceptors (Lipinski definition) is 4. The Morgan fingerprint density at radius 1 is 1.67 bits per heavy atom. The lowest BCUT2D eigenvalue weighted by atomic mass is 10.0. The maximum Gasteiger partial charge on any atom is 0.163 e. The fourth-order valence-corrected chi connectivity index (χ4v) is 2.19. The van der Waals surface area contributed by atoms with Crippen LogP contribution in [0.1, 0.15) is 11.3 Å². The summed E-state index contributed by atoms with van der Waals surface area (Å²) in [5.74, 6) is 0.234. The number of thiophene rings is 1. The second kappa shape index (κ2) is 5.39. The molecule has 0 amide bonds. The molecule has 4 heteroatoms. The van der Waals surface area contributed by atoms with Crippen molar-refractivity contribution >= 4 is 17.1 Å². The Balaban J connectivity index is 1.67. The van der Waals surface area contributed by atoms with Crippen molar-refractivity contribution in [3.8, 4) is 0 Å². The van der Waals surface area contributed by atoms with Gasteiger partial charge < -0.3 is 9.47 Å². The van der Waals surface area contributed by atoms with Gasteiger partial charge in [-0.3, -0.25) is 4.79 Å². The van der Waals surface area contributed by atoms with E-state index in [9.17, 15) is 4.79 Å². The van der Waals surface area contributed by atoms with Crippen LogP contribution in [0.3, 0.4) is 0 Å². The van der Waals surface area contributed by atoms with Crippen molar-refractivity contribution in [3.63, 3.8) is 0 Å². The van der Waals surface area contributed by atoms with Gasteiger partial charge in [0.2, 0.25) is 0 Å². The highest BCUT2D eigenvalue weighted by Crippen LogP contribution is 2.14. The van der Waals surface area contributed by atoms with Crippen LogP contribution in [-0.2, 0) is 20.9 Å². The van der Waals surface area contributed by atoms with Gasteiger partial charge in [-0.15, -0.1) is 11.3 Å². The molecule has 15 heavy (non-hydrogen) atoms. The van der Waals surface area contributed by atoms with Crippen LogP contribution in [0.15, 0.2) is 17.5 Å². The number of carbonyl (C=O) groups excluding carboxylic acids is 1. The van der Waals surface area contributed by atoms with E-state index >= 15 is 0 Å². The lowest BCUT2D eigenvalue weighted by Crippen LogP contribution is -2.19. The van der Waals surface area contributed by atoms with E-state index in [1.165, 1.54) is 0 Å². The summed E-state index contributed by atoms with van der Waals surface area (Å²) < 4.78 is 10.5. The van der Waals surface area contributed by atoms with Crippen molar-refractivity contribution in [1.82, 2.24) is 0 Å². The van der Waals surface area contributed by atoms with Crippen LogP contribution in [0.4, 0.5) is 0 Å². The zero-order valence-corrected chi connectivity index (χ0v) is 9.29. The Morgan fingerprint density at radius 3 is 3.27 bits per heavy atom. The van der Waals surface area contributed by atoms with Crippen molar-refractivity contribution in [3.05, 3.63) is 22.4 Å². The molecule has 82 valence electrons. The summed E-state index contributed by atoms with van der Waals surface area (Å²) in [6.07, 6.45) is 0.848. The third-order valence-electron chi connectivity index (χ3n) is 2.45. The highest BCUT2D eigenvalue weighted by atomic mass is 32.1. The molecule has 0 bridgehead atoms. The number of ketones is 1. The normalized spacial score (nSPS) is 20.7. The molecular weight excluding hydrogens is 212 g/mol. The van der Waals surface area contributed by atoms with Gasteiger partial charge in [0.1, 0.15) is 6.61 Å². The van der Waals surface area contributed by atoms with Gasteiger partial charge >= 0.3 is 0 Å². The van der Waals surface area contributed by atoms with Crippen molar-refractivity contribution in [2.75, 3.05) is 19.8 Å². The zero-order valence-electron chi connectivity index (χ0n) is 8.48. The van der Waals surface area contributed by atoms with Gasteiger partial charge in [0.05, 0.1) is 13.2 Å². The maximum absolute atomic E-state index is 11.6. The lowest BCUT2D eigenvalue weighted by Gasteiger charge is -2.06. The molecule has 0 aromatic carbocycles. The number of hydrogen-bond donors (Lipinski definition) is 0. The van der Waals surface area contributed by atoms with Crippen molar-refractivity contribution in [2.45, 2.75) is 13.0 Å². The molecule has 1 aliphatic rings. The van der Waals surface area contributed by atoms with Crippen LogP contribution in [0.2, 0.25) is 0 Å². The largest absolute Gasteiger partial charge is 0.381 e. The topological polar surface area (TPSA) is 35.5 Å². The molecule has 0 saturated carbocycles. The molecule has 3 nitrogen and oxygen atoms in total. The predicted octanol–water partition coefficient (Wildman–Crippen LogP) is 1.87. The van der Waals surface area contributed by atoms with E-state index in [-0.39, 0.29) is 18.3 Å². The quantitative estimate of drug-likeness (QED) is 0.769. The van der Waals surface area contributed by atoms with Crippen molar-refractivity contribution in [2.24, 2.45) is 5.92 Å². The number of ether oxygens (including phenoxy) is 2. The maximum atomic E-state index is 11.6. The van der Waals surface area contributed by atoms with Gasteiger partial charge in [0.15, 0.2) is 5.78 Å². The van der Waals surface area contributed by atoms with Crippen LogP contribution in [0.5, 0.6) is 0 Å². The van der Waals surface area contributed by atoms with E-state index in [2.05, 4.69) is 0 Å². The van der Waals surface area contributed by atoms with E-state index in [4.69, 9.17) is 9.47 Å². The Hall–Kier alpha value is -0.710. The standard InChI is InChI=1S/C11H14O3S/c12-11(9-3-4-13-6-9)8-14-7-10-2-1-5-15-10/h1-2,5,9H,3-4,6-8H2. The number of rotatable bonds is 5. The first kappa shape index (κ1) is 10.8. The Kier molecular flexibility index (Phi) is 3.88. The van der Waals surface area contributed by atoms with Crippen molar-refractivity contribution < 1.29 is 14.3 Å². The van der Waals surface area contributed by atoms with Crippen LogP contribution < -0.4 is 0 Å². The molecule has 0 radical (unpaired) electrons. The van der Waals surface area contributed by atoms with E-state index in [1.54, 1.807) is 11.3 Å². The molecule has 1 fully saturated rings. The van der Waals surface area contributed by atoms with Crippen LogP contribution in [-0.4, -0.2) is 25.6 Å². The summed E-state index contributed by atoms with van der Waals surface area (Å²) >= 11 is 1.65. The minimum absolute atomic E-state index is 0.0633. The minimum atomic E-state index is 0.0633. The monoisotopic (exact) mass is 226 g/mol. The van der Waals surface area contributed by atoms with Gasteiger partial charge in [-0.05, 0) is 17.9 Å². The lowest BCUT2D eigenvalue weighted by molar-refractivity contribution is -0.127. The van der Waals surface area contributed by atoms with Gasteiger partial charge in [-0.2, -0.15) is 0 Å². The van der Waals surface area contributed by atoms with E-state index in [1.807, 2.05) is 17.5 Å². The summed E-state index contributed by atoms with van der Waals surface area (Å²) in [6.45, 7) is 2.03. The molecule has 0 spiro atoms.